The Balaban J connectivity index is 1.10. The number of carbonyl (C=O) groups excluding carboxylic acids is 1. The van der Waals surface area contributed by atoms with Gasteiger partial charge in [-0.2, -0.15) is 9.78 Å². The number of ether oxygens (including phenoxy) is 1. The molecule has 1 aromatic heterocycles. The monoisotopic (exact) mass is 471 g/mol. The third-order valence-corrected chi connectivity index (χ3v) is 7.14. The molecular formula is C28H33N5O2. The van der Waals surface area contributed by atoms with Crippen LogP contribution in [0.3, 0.4) is 0 Å². The average molecular weight is 472 g/mol. The van der Waals surface area contributed by atoms with Crippen LogP contribution in [0, 0.1) is 11.8 Å². The minimum atomic E-state index is -0.0431. The minimum absolute atomic E-state index is 0.0431. The van der Waals surface area contributed by atoms with Gasteiger partial charge in [0.2, 0.25) is 0 Å². The number of benzene rings is 2. The summed E-state index contributed by atoms with van der Waals surface area (Å²) in [4.78, 5) is 19.4. The van der Waals surface area contributed by atoms with E-state index >= 15 is 0 Å². The zero-order valence-electron chi connectivity index (χ0n) is 20.5. The summed E-state index contributed by atoms with van der Waals surface area (Å²) in [5.74, 6) is 1.92. The predicted molar refractivity (Wildman–Crippen MR) is 137 cm³/mol. The predicted octanol–water partition coefficient (Wildman–Crippen LogP) is 4.46. The molecule has 0 bridgehead atoms. The fraction of sp³-hybridized carbons (Fsp3) is 0.357. The molecule has 2 aromatic carbocycles. The molecule has 7 nitrogen and oxygen atoms in total. The van der Waals surface area contributed by atoms with E-state index in [1.165, 1.54) is 15.8 Å². The molecule has 5 rings (SSSR count). The third kappa shape index (κ3) is 5.25. The van der Waals surface area contributed by atoms with Crippen LogP contribution in [-0.2, 0) is 13.2 Å². The normalized spacial score (nSPS) is 19.5. The molecule has 2 unspecified atom stereocenters. The van der Waals surface area contributed by atoms with Crippen LogP contribution < -0.4 is 9.64 Å². The van der Waals surface area contributed by atoms with Crippen molar-refractivity contribution < 1.29 is 9.53 Å². The second-order valence-corrected chi connectivity index (χ2v) is 9.76. The van der Waals surface area contributed by atoms with Crippen molar-refractivity contribution in [2.24, 2.45) is 11.8 Å². The maximum atomic E-state index is 13.0. The van der Waals surface area contributed by atoms with Crippen LogP contribution in [0.15, 0.2) is 79.3 Å². The Morgan fingerprint density at radius 1 is 1.03 bits per heavy atom. The molecule has 35 heavy (non-hydrogen) atoms. The van der Waals surface area contributed by atoms with E-state index in [4.69, 9.17) is 4.74 Å². The molecule has 0 aliphatic carbocycles. The van der Waals surface area contributed by atoms with E-state index in [1.807, 2.05) is 42.0 Å². The van der Waals surface area contributed by atoms with Crippen LogP contribution in [0.2, 0.25) is 0 Å². The van der Waals surface area contributed by atoms with Crippen molar-refractivity contribution in [2.75, 3.05) is 38.1 Å². The molecule has 2 atom stereocenters. The topological polar surface area (TPSA) is 53.8 Å². The number of hydrogen-bond donors (Lipinski definition) is 0. The highest BCUT2D eigenvalue weighted by Crippen LogP contribution is 2.32. The van der Waals surface area contributed by atoms with E-state index in [9.17, 15) is 4.79 Å². The first-order valence-electron chi connectivity index (χ1n) is 12.2. The second kappa shape index (κ2) is 9.96. The Bertz CT molecular complexity index is 1160. The van der Waals surface area contributed by atoms with E-state index in [0.717, 1.165) is 49.9 Å². The SMILES string of the molecule is C=C(C)N(C)c1cnn(C(=O)N2CC3CN(Cc4ccc(OCc5ccccc5)cc4)CC3C2)c1. The summed E-state index contributed by atoms with van der Waals surface area (Å²) in [7, 11) is 1.92. The molecule has 2 aliphatic rings. The highest BCUT2D eigenvalue weighted by molar-refractivity contribution is 5.77. The molecule has 3 heterocycles. The lowest BCUT2D eigenvalue weighted by Gasteiger charge is -2.21. The zero-order valence-corrected chi connectivity index (χ0v) is 20.5. The van der Waals surface area contributed by atoms with E-state index in [-0.39, 0.29) is 6.03 Å². The number of rotatable bonds is 7. The van der Waals surface area contributed by atoms with E-state index in [0.29, 0.717) is 18.4 Å². The first-order valence-corrected chi connectivity index (χ1v) is 12.2. The quantitative estimate of drug-likeness (QED) is 0.509. The van der Waals surface area contributed by atoms with Gasteiger partial charge in [-0.25, -0.2) is 4.79 Å². The summed E-state index contributed by atoms with van der Waals surface area (Å²) < 4.78 is 7.36. The molecule has 2 saturated heterocycles. The lowest BCUT2D eigenvalue weighted by atomic mass is 10.0. The van der Waals surface area contributed by atoms with Crippen molar-refractivity contribution in [3.8, 4) is 5.75 Å². The number of nitrogens with zero attached hydrogens (tertiary/aromatic N) is 5. The minimum Gasteiger partial charge on any atom is -0.489 e. The summed E-state index contributed by atoms with van der Waals surface area (Å²) in [6, 6.07) is 18.6. The van der Waals surface area contributed by atoms with E-state index in [2.05, 4.69) is 53.0 Å². The zero-order chi connectivity index (χ0) is 24.4. The van der Waals surface area contributed by atoms with Gasteiger partial charge in [0.15, 0.2) is 0 Å². The molecule has 1 amide bonds. The Morgan fingerprint density at radius 3 is 2.37 bits per heavy atom. The van der Waals surface area contributed by atoms with Gasteiger partial charge in [0.1, 0.15) is 12.4 Å². The summed E-state index contributed by atoms with van der Waals surface area (Å²) in [6.45, 7) is 11.0. The van der Waals surface area contributed by atoms with Crippen LogP contribution in [0.5, 0.6) is 5.75 Å². The lowest BCUT2D eigenvalue weighted by Crippen LogP contribution is -2.36. The van der Waals surface area contributed by atoms with Crippen molar-refractivity contribution in [3.05, 3.63) is 90.4 Å². The summed E-state index contributed by atoms with van der Waals surface area (Å²) in [6.07, 6.45) is 3.49. The maximum Gasteiger partial charge on any atom is 0.344 e. The smallest absolute Gasteiger partial charge is 0.344 e. The molecule has 2 aliphatic heterocycles. The number of aromatic nitrogens is 2. The number of allylic oxidation sites excluding steroid dienone is 1. The van der Waals surface area contributed by atoms with Gasteiger partial charge in [0, 0.05) is 45.5 Å². The highest BCUT2D eigenvalue weighted by Gasteiger charge is 2.41. The van der Waals surface area contributed by atoms with Crippen molar-refractivity contribution >= 4 is 11.7 Å². The van der Waals surface area contributed by atoms with Crippen molar-refractivity contribution in [1.29, 1.82) is 0 Å². The Morgan fingerprint density at radius 2 is 1.71 bits per heavy atom. The van der Waals surface area contributed by atoms with Gasteiger partial charge in [-0.05, 0) is 42.0 Å². The lowest BCUT2D eigenvalue weighted by molar-refractivity contribution is 0.197. The van der Waals surface area contributed by atoms with Crippen LogP contribution in [0.25, 0.3) is 0 Å². The van der Waals surface area contributed by atoms with Gasteiger partial charge in [0.05, 0.1) is 18.1 Å². The van der Waals surface area contributed by atoms with Crippen LogP contribution >= 0.6 is 0 Å². The molecule has 0 radical (unpaired) electrons. The Hall–Kier alpha value is -3.58. The van der Waals surface area contributed by atoms with Gasteiger partial charge < -0.3 is 14.5 Å². The molecule has 0 spiro atoms. The van der Waals surface area contributed by atoms with Gasteiger partial charge >= 0.3 is 6.03 Å². The molecular weight excluding hydrogens is 438 g/mol. The molecule has 2 fully saturated rings. The van der Waals surface area contributed by atoms with Crippen molar-refractivity contribution in [3.63, 3.8) is 0 Å². The highest BCUT2D eigenvalue weighted by atomic mass is 16.5. The van der Waals surface area contributed by atoms with Crippen LogP contribution in [0.1, 0.15) is 18.1 Å². The largest absolute Gasteiger partial charge is 0.489 e. The summed E-state index contributed by atoms with van der Waals surface area (Å²) >= 11 is 0. The van der Waals surface area contributed by atoms with Crippen LogP contribution in [-0.4, -0.2) is 58.8 Å². The van der Waals surface area contributed by atoms with Gasteiger partial charge in [-0.15, -0.1) is 0 Å². The summed E-state index contributed by atoms with van der Waals surface area (Å²) in [5.41, 5.74) is 4.23. The van der Waals surface area contributed by atoms with Crippen LogP contribution in [0.4, 0.5) is 10.5 Å². The average Bonchev–Trinajstić information content (AvgIpc) is 3.59. The fourth-order valence-corrected chi connectivity index (χ4v) is 5.02. The number of likely N-dealkylation sites (tertiary alicyclic amines) is 2. The van der Waals surface area contributed by atoms with Gasteiger partial charge in [-0.3, -0.25) is 4.90 Å². The van der Waals surface area contributed by atoms with Crippen molar-refractivity contribution in [2.45, 2.75) is 20.1 Å². The van der Waals surface area contributed by atoms with Gasteiger partial charge in [-0.1, -0.05) is 49.0 Å². The number of hydrogen-bond acceptors (Lipinski definition) is 5. The number of anilines is 1. The first kappa shape index (κ1) is 23.2. The Labute approximate surface area is 207 Å². The maximum absolute atomic E-state index is 13.0. The van der Waals surface area contributed by atoms with E-state index < -0.39 is 0 Å². The molecule has 0 N–H and O–H groups in total. The van der Waals surface area contributed by atoms with E-state index in [1.54, 1.807) is 12.4 Å². The van der Waals surface area contributed by atoms with Crippen molar-refractivity contribution in [1.82, 2.24) is 19.6 Å². The molecule has 7 heteroatoms. The standard InChI is InChI=1S/C28H33N5O2/c1-21(2)30(3)26-13-29-33(19-26)28(34)32-17-24-15-31(16-25(24)18-32)14-22-9-11-27(12-10-22)35-20-23-7-5-4-6-8-23/h4-13,19,24-25H,1,14-18,20H2,2-3H3. The summed E-state index contributed by atoms with van der Waals surface area (Å²) in [5, 5.41) is 4.29. The number of carbonyl (C=O) groups is 1. The Kier molecular flexibility index (Phi) is 6.59. The third-order valence-electron chi connectivity index (χ3n) is 7.14. The number of amides is 1. The molecule has 3 aromatic rings. The fourth-order valence-electron chi connectivity index (χ4n) is 5.02. The molecule has 0 saturated carbocycles. The number of fused-ring (bicyclic) bond motifs is 1. The molecule has 182 valence electrons. The second-order valence-electron chi connectivity index (χ2n) is 9.76. The van der Waals surface area contributed by atoms with Gasteiger partial charge in [0.25, 0.3) is 0 Å². The first-order chi connectivity index (χ1) is 17.0.